The summed E-state index contributed by atoms with van der Waals surface area (Å²) in [4.78, 5) is 26.2. The fourth-order valence-electron chi connectivity index (χ4n) is 2.98. The standard InChI is InChI=1S/C20H21BrN2O4/c1-3-27-19-16(21)11-13(12-17(19)26-2)20(25)22-14-6-8-15(9-7-14)23-10-4-5-18(23)24/h6-9,11-12H,3-5,10H2,1-2H3,(H,22,25). The van der Waals surface area contributed by atoms with Gasteiger partial charge in [-0.05, 0) is 65.7 Å². The molecule has 3 rings (SSSR count). The van der Waals surface area contributed by atoms with Crippen LogP contribution in [0.1, 0.15) is 30.1 Å². The second-order valence-electron chi connectivity index (χ2n) is 6.07. The Hall–Kier alpha value is -2.54. The lowest BCUT2D eigenvalue weighted by Crippen LogP contribution is -2.23. The zero-order valence-corrected chi connectivity index (χ0v) is 16.8. The van der Waals surface area contributed by atoms with E-state index in [1.165, 1.54) is 7.11 Å². The van der Waals surface area contributed by atoms with Crippen LogP contribution in [-0.2, 0) is 4.79 Å². The van der Waals surface area contributed by atoms with E-state index < -0.39 is 0 Å². The molecule has 1 aliphatic heterocycles. The Balaban J connectivity index is 1.75. The molecule has 1 saturated heterocycles. The van der Waals surface area contributed by atoms with Gasteiger partial charge < -0.3 is 19.7 Å². The van der Waals surface area contributed by atoms with Crippen LogP contribution in [0.15, 0.2) is 40.9 Å². The van der Waals surface area contributed by atoms with E-state index >= 15 is 0 Å². The number of rotatable bonds is 6. The minimum absolute atomic E-state index is 0.137. The molecule has 0 atom stereocenters. The summed E-state index contributed by atoms with van der Waals surface area (Å²) < 4.78 is 11.5. The zero-order valence-electron chi connectivity index (χ0n) is 15.3. The van der Waals surface area contributed by atoms with Crippen LogP contribution in [0, 0.1) is 0 Å². The first kappa shape index (κ1) is 19.2. The quantitative estimate of drug-likeness (QED) is 0.740. The second kappa shape index (κ2) is 8.43. The lowest BCUT2D eigenvalue weighted by molar-refractivity contribution is -0.117. The number of hydrogen-bond donors (Lipinski definition) is 1. The number of nitrogens with zero attached hydrogens (tertiary/aromatic N) is 1. The summed E-state index contributed by atoms with van der Waals surface area (Å²) >= 11 is 3.42. The summed E-state index contributed by atoms with van der Waals surface area (Å²) in [5.41, 5.74) is 1.95. The van der Waals surface area contributed by atoms with E-state index in [1.807, 2.05) is 19.1 Å². The molecule has 0 radical (unpaired) electrons. The van der Waals surface area contributed by atoms with E-state index in [9.17, 15) is 9.59 Å². The smallest absolute Gasteiger partial charge is 0.255 e. The number of amides is 2. The highest BCUT2D eigenvalue weighted by molar-refractivity contribution is 9.10. The predicted molar refractivity (Wildman–Crippen MR) is 108 cm³/mol. The second-order valence-corrected chi connectivity index (χ2v) is 6.93. The van der Waals surface area contributed by atoms with E-state index in [2.05, 4.69) is 21.2 Å². The van der Waals surface area contributed by atoms with Gasteiger partial charge in [-0.25, -0.2) is 0 Å². The molecule has 0 unspecified atom stereocenters. The van der Waals surface area contributed by atoms with Gasteiger partial charge in [-0.15, -0.1) is 0 Å². The van der Waals surface area contributed by atoms with Crippen LogP contribution in [0.2, 0.25) is 0 Å². The number of halogens is 1. The van der Waals surface area contributed by atoms with E-state index in [-0.39, 0.29) is 11.8 Å². The fraction of sp³-hybridized carbons (Fsp3) is 0.300. The molecule has 1 aliphatic rings. The summed E-state index contributed by atoms with van der Waals surface area (Å²) in [6.45, 7) is 3.11. The molecule has 1 heterocycles. The molecule has 2 aromatic carbocycles. The SMILES string of the molecule is CCOc1c(Br)cc(C(=O)Nc2ccc(N3CCCC3=O)cc2)cc1OC. The number of carbonyl (C=O) groups is 2. The van der Waals surface area contributed by atoms with Gasteiger partial charge in [0, 0.05) is 29.9 Å². The van der Waals surface area contributed by atoms with Crippen molar-refractivity contribution in [1.29, 1.82) is 0 Å². The number of anilines is 2. The first-order valence-corrected chi connectivity index (χ1v) is 9.55. The highest BCUT2D eigenvalue weighted by atomic mass is 79.9. The van der Waals surface area contributed by atoms with E-state index in [1.54, 1.807) is 29.2 Å². The van der Waals surface area contributed by atoms with Crippen LogP contribution >= 0.6 is 15.9 Å². The van der Waals surface area contributed by atoms with Crippen molar-refractivity contribution in [1.82, 2.24) is 0 Å². The Bertz CT molecular complexity index is 852. The number of nitrogens with one attached hydrogen (secondary N) is 1. The zero-order chi connectivity index (χ0) is 19.4. The van der Waals surface area contributed by atoms with Crippen molar-refractivity contribution in [3.63, 3.8) is 0 Å². The van der Waals surface area contributed by atoms with Crippen LogP contribution in [0.5, 0.6) is 11.5 Å². The van der Waals surface area contributed by atoms with Gasteiger partial charge in [0.1, 0.15) is 0 Å². The van der Waals surface area contributed by atoms with Crippen molar-refractivity contribution in [2.24, 2.45) is 0 Å². The van der Waals surface area contributed by atoms with Crippen molar-refractivity contribution < 1.29 is 19.1 Å². The average molecular weight is 433 g/mol. The molecule has 2 amide bonds. The van der Waals surface area contributed by atoms with Crippen molar-refractivity contribution >= 4 is 39.1 Å². The number of ether oxygens (including phenoxy) is 2. The Morgan fingerprint density at radius 3 is 2.59 bits per heavy atom. The Morgan fingerprint density at radius 1 is 1.26 bits per heavy atom. The average Bonchev–Trinajstić information content (AvgIpc) is 3.09. The van der Waals surface area contributed by atoms with Gasteiger partial charge in [-0.3, -0.25) is 9.59 Å². The number of hydrogen-bond acceptors (Lipinski definition) is 4. The van der Waals surface area contributed by atoms with E-state index in [0.29, 0.717) is 40.3 Å². The molecule has 0 aromatic heterocycles. The molecule has 0 saturated carbocycles. The molecular formula is C20H21BrN2O4. The third-order valence-corrected chi connectivity index (χ3v) is 4.88. The highest BCUT2D eigenvalue weighted by Gasteiger charge is 2.21. The number of carbonyl (C=O) groups excluding carboxylic acids is 2. The topological polar surface area (TPSA) is 67.9 Å². The maximum atomic E-state index is 12.6. The summed E-state index contributed by atoms with van der Waals surface area (Å²) in [5, 5.41) is 2.86. The maximum Gasteiger partial charge on any atom is 0.255 e. The fourth-order valence-corrected chi connectivity index (χ4v) is 3.54. The van der Waals surface area contributed by atoms with Gasteiger partial charge in [-0.2, -0.15) is 0 Å². The summed E-state index contributed by atoms with van der Waals surface area (Å²) in [5.74, 6) is 0.926. The third kappa shape index (κ3) is 4.24. The molecule has 1 fully saturated rings. The van der Waals surface area contributed by atoms with E-state index in [0.717, 1.165) is 18.7 Å². The molecule has 1 N–H and O–H groups in total. The molecule has 0 spiro atoms. The molecule has 2 aromatic rings. The molecule has 7 heteroatoms. The summed E-state index contributed by atoms with van der Waals surface area (Å²) in [7, 11) is 1.53. The molecule has 27 heavy (non-hydrogen) atoms. The highest BCUT2D eigenvalue weighted by Crippen LogP contribution is 2.37. The van der Waals surface area contributed by atoms with Gasteiger partial charge in [0.2, 0.25) is 5.91 Å². The van der Waals surface area contributed by atoms with Gasteiger partial charge in [0.15, 0.2) is 11.5 Å². The van der Waals surface area contributed by atoms with E-state index in [4.69, 9.17) is 9.47 Å². The van der Waals surface area contributed by atoms with Gasteiger partial charge in [0.05, 0.1) is 18.2 Å². The first-order valence-electron chi connectivity index (χ1n) is 8.75. The Morgan fingerprint density at radius 2 is 2.00 bits per heavy atom. The van der Waals surface area contributed by atoms with Crippen LogP contribution in [0.3, 0.4) is 0 Å². The summed E-state index contributed by atoms with van der Waals surface area (Å²) in [6, 6.07) is 10.6. The molecule has 0 bridgehead atoms. The van der Waals surface area contributed by atoms with Crippen molar-refractivity contribution in [3.05, 3.63) is 46.4 Å². The summed E-state index contributed by atoms with van der Waals surface area (Å²) in [6.07, 6.45) is 1.47. The maximum absolute atomic E-state index is 12.6. The van der Waals surface area contributed by atoms with Gasteiger partial charge in [0.25, 0.3) is 5.91 Å². The Labute approximate surface area is 166 Å². The largest absolute Gasteiger partial charge is 0.493 e. The molecule has 142 valence electrons. The monoisotopic (exact) mass is 432 g/mol. The van der Waals surface area contributed by atoms with Crippen molar-refractivity contribution in [2.75, 3.05) is 30.5 Å². The van der Waals surface area contributed by atoms with Crippen molar-refractivity contribution in [3.8, 4) is 11.5 Å². The van der Waals surface area contributed by atoms with Crippen LogP contribution in [0.25, 0.3) is 0 Å². The minimum atomic E-state index is -0.262. The van der Waals surface area contributed by atoms with Gasteiger partial charge >= 0.3 is 0 Å². The predicted octanol–water partition coefficient (Wildman–Crippen LogP) is 4.24. The normalized spacial score (nSPS) is 13.6. The number of methoxy groups -OCH3 is 1. The number of benzene rings is 2. The van der Waals surface area contributed by atoms with Crippen molar-refractivity contribution in [2.45, 2.75) is 19.8 Å². The lowest BCUT2D eigenvalue weighted by atomic mass is 10.1. The molecular weight excluding hydrogens is 412 g/mol. The van der Waals surface area contributed by atoms with Gasteiger partial charge in [-0.1, -0.05) is 0 Å². The van der Waals surface area contributed by atoms with Crippen LogP contribution < -0.4 is 19.7 Å². The minimum Gasteiger partial charge on any atom is -0.493 e. The lowest BCUT2D eigenvalue weighted by Gasteiger charge is -2.16. The molecule has 0 aliphatic carbocycles. The first-order chi connectivity index (χ1) is 13.0. The van der Waals surface area contributed by atoms with Crippen LogP contribution in [-0.4, -0.2) is 32.1 Å². The molecule has 6 nitrogen and oxygen atoms in total. The Kier molecular flexibility index (Phi) is 6.01. The van der Waals surface area contributed by atoms with Crippen LogP contribution in [0.4, 0.5) is 11.4 Å². The third-order valence-electron chi connectivity index (χ3n) is 4.29.